The number of likely N-dealkylation sites (tertiary alicyclic amines) is 1. The van der Waals surface area contributed by atoms with E-state index in [-0.39, 0.29) is 11.9 Å². The van der Waals surface area contributed by atoms with E-state index in [0.29, 0.717) is 37.0 Å². The number of hydrogen-bond acceptors (Lipinski definition) is 2. The van der Waals surface area contributed by atoms with Crippen LogP contribution in [0.25, 0.3) is 0 Å². The van der Waals surface area contributed by atoms with E-state index in [1.165, 1.54) is 0 Å². The molecular formula is C21H24ClN3O2. The van der Waals surface area contributed by atoms with Gasteiger partial charge in [0.1, 0.15) is 0 Å². The molecule has 3 amide bonds. The molecule has 2 aromatic carbocycles. The summed E-state index contributed by atoms with van der Waals surface area (Å²) in [5.41, 5.74) is 1.83. The van der Waals surface area contributed by atoms with Crippen LogP contribution in [0.5, 0.6) is 0 Å². The zero-order valence-corrected chi connectivity index (χ0v) is 15.9. The van der Waals surface area contributed by atoms with Crippen LogP contribution in [0.15, 0.2) is 54.6 Å². The van der Waals surface area contributed by atoms with Crippen LogP contribution in [-0.2, 0) is 11.3 Å². The van der Waals surface area contributed by atoms with Gasteiger partial charge < -0.3 is 15.5 Å². The summed E-state index contributed by atoms with van der Waals surface area (Å²) in [5, 5.41) is 6.55. The molecule has 2 N–H and O–H groups in total. The molecule has 0 saturated carbocycles. The normalized spacial score (nSPS) is 14.6. The number of halogens is 1. The van der Waals surface area contributed by atoms with Crippen molar-refractivity contribution in [1.82, 2.24) is 10.2 Å². The van der Waals surface area contributed by atoms with Gasteiger partial charge in [0.15, 0.2) is 0 Å². The summed E-state index contributed by atoms with van der Waals surface area (Å²) in [5.74, 6) is 0.369. The first-order chi connectivity index (χ1) is 13.1. The second-order valence-corrected chi connectivity index (χ2v) is 7.27. The summed E-state index contributed by atoms with van der Waals surface area (Å²) in [6, 6.07) is 16.8. The first kappa shape index (κ1) is 19.2. The van der Waals surface area contributed by atoms with E-state index in [0.717, 1.165) is 24.1 Å². The minimum atomic E-state index is -0.0770. The summed E-state index contributed by atoms with van der Waals surface area (Å²) < 4.78 is 0. The third-order valence-electron chi connectivity index (χ3n) is 4.80. The highest BCUT2D eigenvalue weighted by Gasteiger charge is 2.24. The van der Waals surface area contributed by atoms with Gasteiger partial charge in [-0.15, -0.1) is 0 Å². The largest absolute Gasteiger partial charge is 0.352 e. The van der Waals surface area contributed by atoms with Gasteiger partial charge in [-0.05, 0) is 48.6 Å². The molecule has 5 nitrogen and oxygen atoms in total. The molecule has 0 bridgehead atoms. The molecule has 142 valence electrons. The number of benzene rings is 2. The molecule has 1 aliphatic rings. The van der Waals surface area contributed by atoms with E-state index in [2.05, 4.69) is 10.6 Å². The first-order valence-electron chi connectivity index (χ1n) is 9.22. The standard InChI is InChI=1S/C21H24ClN3O2/c22-18-8-6-17(7-9-18)15-23-20(26)14-16-10-12-25(13-11-16)21(27)24-19-4-2-1-3-5-19/h1-9,16H,10-15H2,(H,23,26)(H,24,27). The molecule has 0 unspecified atom stereocenters. The fraction of sp³-hybridized carbons (Fsp3) is 0.333. The van der Waals surface area contributed by atoms with E-state index >= 15 is 0 Å². The number of piperidine rings is 1. The predicted octanol–water partition coefficient (Wildman–Crippen LogP) is 4.29. The topological polar surface area (TPSA) is 61.4 Å². The number of amides is 3. The van der Waals surface area contributed by atoms with Crippen LogP contribution in [0.4, 0.5) is 10.5 Å². The number of anilines is 1. The minimum Gasteiger partial charge on any atom is -0.352 e. The number of hydrogen-bond donors (Lipinski definition) is 2. The molecule has 6 heteroatoms. The Morgan fingerprint density at radius 2 is 1.67 bits per heavy atom. The lowest BCUT2D eigenvalue weighted by Gasteiger charge is -2.31. The molecule has 0 aromatic heterocycles. The Kier molecular flexibility index (Phi) is 6.71. The SMILES string of the molecule is O=C(CC1CCN(C(=O)Nc2ccccc2)CC1)NCc1ccc(Cl)cc1. The van der Waals surface area contributed by atoms with Crippen LogP contribution in [-0.4, -0.2) is 29.9 Å². The maximum absolute atomic E-state index is 12.3. The molecule has 1 aliphatic heterocycles. The number of nitrogens with one attached hydrogen (secondary N) is 2. The van der Waals surface area contributed by atoms with Crippen LogP contribution < -0.4 is 10.6 Å². The third kappa shape index (κ3) is 6.00. The second kappa shape index (κ2) is 9.42. The van der Waals surface area contributed by atoms with E-state index in [4.69, 9.17) is 11.6 Å². The van der Waals surface area contributed by atoms with Crippen LogP contribution >= 0.6 is 11.6 Å². The van der Waals surface area contributed by atoms with Gasteiger partial charge in [-0.25, -0.2) is 4.79 Å². The van der Waals surface area contributed by atoms with Crippen molar-refractivity contribution >= 4 is 29.2 Å². The van der Waals surface area contributed by atoms with Crippen LogP contribution in [0.2, 0.25) is 5.02 Å². The summed E-state index contributed by atoms with van der Waals surface area (Å²) in [7, 11) is 0. The van der Waals surface area contributed by atoms with Gasteiger partial charge in [0.25, 0.3) is 0 Å². The zero-order valence-electron chi connectivity index (χ0n) is 15.2. The lowest BCUT2D eigenvalue weighted by atomic mass is 9.93. The molecule has 27 heavy (non-hydrogen) atoms. The molecule has 1 saturated heterocycles. The minimum absolute atomic E-state index is 0.0529. The monoisotopic (exact) mass is 385 g/mol. The van der Waals surface area contributed by atoms with E-state index in [9.17, 15) is 9.59 Å². The Labute approximate surface area is 164 Å². The summed E-state index contributed by atoms with van der Waals surface area (Å²) in [4.78, 5) is 26.3. The molecule has 0 radical (unpaired) electrons. The molecule has 2 aromatic rings. The summed E-state index contributed by atoms with van der Waals surface area (Å²) in [6.07, 6.45) is 2.19. The van der Waals surface area contributed by atoms with Crippen molar-refractivity contribution in [3.8, 4) is 0 Å². The van der Waals surface area contributed by atoms with Gasteiger partial charge in [-0.1, -0.05) is 41.9 Å². The Morgan fingerprint density at radius 3 is 2.33 bits per heavy atom. The lowest BCUT2D eigenvalue weighted by molar-refractivity contribution is -0.122. The van der Waals surface area contributed by atoms with E-state index < -0.39 is 0 Å². The van der Waals surface area contributed by atoms with Gasteiger partial charge in [0.2, 0.25) is 5.91 Å². The van der Waals surface area contributed by atoms with Gasteiger partial charge in [0.05, 0.1) is 0 Å². The maximum Gasteiger partial charge on any atom is 0.321 e. The number of urea groups is 1. The summed E-state index contributed by atoms with van der Waals surface area (Å²) >= 11 is 5.86. The smallest absolute Gasteiger partial charge is 0.321 e. The average Bonchev–Trinajstić information content (AvgIpc) is 2.69. The van der Waals surface area contributed by atoms with Crippen LogP contribution in [0.3, 0.4) is 0 Å². The van der Waals surface area contributed by atoms with Crippen molar-refractivity contribution in [2.24, 2.45) is 5.92 Å². The van der Waals surface area contributed by atoms with Crippen LogP contribution in [0, 0.1) is 5.92 Å². The van der Waals surface area contributed by atoms with Gasteiger partial charge in [-0.3, -0.25) is 4.79 Å². The van der Waals surface area contributed by atoms with Crippen molar-refractivity contribution in [3.05, 3.63) is 65.2 Å². The highest BCUT2D eigenvalue weighted by Crippen LogP contribution is 2.21. The fourth-order valence-electron chi connectivity index (χ4n) is 3.20. The number of nitrogens with zero attached hydrogens (tertiary/aromatic N) is 1. The molecule has 0 spiro atoms. The lowest BCUT2D eigenvalue weighted by Crippen LogP contribution is -2.41. The van der Waals surface area contributed by atoms with Crippen molar-refractivity contribution in [2.45, 2.75) is 25.8 Å². The molecule has 1 heterocycles. The quantitative estimate of drug-likeness (QED) is 0.806. The highest BCUT2D eigenvalue weighted by molar-refractivity contribution is 6.30. The predicted molar refractivity (Wildman–Crippen MR) is 108 cm³/mol. The van der Waals surface area contributed by atoms with Crippen molar-refractivity contribution in [1.29, 1.82) is 0 Å². The average molecular weight is 386 g/mol. The molecule has 0 aliphatic carbocycles. The zero-order chi connectivity index (χ0) is 19.1. The summed E-state index contributed by atoms with van der Waals surface area (Å²) in [6.45, 7) is 1.86. The van der Waals surface area contributed by atoms with Crippen molar-refractivity contribution < 1.29 is 9.59 Å². The second-order valence-electron chi connectivity index (χ2n) is 6.83. The number of rotatable bonds is 5. The third-order valence-corrected chi connectivity index (χ3v) is 5.06. The van der Waals surface area contributed by atoms with Gasteiger partial charge in [0, 0.05) is 36.8 Å². The fourth-order valence-corrected chi connectivity index (χ4v) is 3.33. The van der Waals surface area contributed by atoms with Gasteiger partial charge >= 0.3 is 6.03 Å². The molecule has 0 atom stereocenters. The van der Waals surface area contributed by atoms with E-state index in [1.807, 2.05) is 59.5 Å². The number of para-hydroxylation sites is 1. The molecule has 1 fully saturated rings. The van der Waals surface area contributed by atoms with Crippen molar-refractivity contribution in [3.63, 3.8) is 0 Å². The first-order valence-corrected chi connectivity index (χ1v) is 9.60. The van der Waals surface area contributed by atoms with Crippen molar-refractivity contribution in [2.75, 3.05) is 18.4 Å². The van der Waals surface area contributed by atoms with Gasteiger partial charge in [-0.2, -0.15) is 0 Å². The molecule has 3 rings (SSSR count). The molecular weight excluding hydrogens is 362 g/mol. The van der Waals surface area contributed by atoms with E-state index in [1.54, 1.807) is 0 Å². The Hall–Kier alpha value is -2.53. The Balaban J connectivity index is 1.38. The number of carbonyl (C=O) groups excluding carboxylic acids is 2. The number of carbonyl (C=O) groups is 2. The maximum atomic E-state index is 12.3. The Bertz CT molecular complexity index is 757. The highest BCUT2D eigenvalue weighted by atomic mass is 35.5. The van der Waals surface area contributed by atoms with Crippen LogP contribution in [0.1, 0.15) is 24.8 Å². The Morgan fingerprint density at radius 1 is 1.00 bits per heavy atom.